The average Bonchev–Trinajstić information content (AvgIpc) is 3.33. The predicted molar refractivity (Wildman–Crippen MR) is 134 cm³/mol. The molecule has 1 aliphatic heterocycles. The largest absolute Gasteiger partial charge is 0.492 e. The van der Waals surface area contributed by atoms with Crippen molar-refractivity contribution >= 4 is 33.3 Å². The van der Waals surface area contributed by atoms with Crippen molar-refractivity contribution in [3.63, 3.8) is 0 Å². The van der Waals surface area contributed by atoms with Crippen molar-refractivity contribution in [3.8, 4) is 5.75 Å². The van der Waals surface area contributed by atoms with Gasteiger partial charge in [-0.15, -0.1) is 0 Å². The Balaban J connectivity index is 1.74. The third-order valence-electron chi connectivity index (χ3n) is 6.78. The lowest BCUT2D eigenvalue weighted by molar-refractivity contribution is 0.0695. The van der Waals surface area contributed by atoms with Gasteiger partial charge >= 0.3 is 5.97 Å². The first-order valence-corrected chi connectivity index (χ1v) is 11.5. The van der Waals surface area contributed by atoms with E-state index in [-0.39, 0.29) is 29.3 Å². The van der Waals surface area contributed by atoms with Crippen LogP contribution in [0.2, 0.25) is 0 Å². The third kappa shape index (κ3) is 4.00. The number of ether oxygens (including phenoxy) is 1. The van der Waals surface area contributed by atoms with Crippen LogP contribution in [0.25, 0.3) is 21.7 Å². The molecule has 35 heavy (non-hydrogen) atoms. The minimum Gasteiger partial charge on any atom is -0.492 e. The Bertz CT molecular complexity index is 1510. The first-order valence-electron chi connectivity index (χ1n) is 11.5. The lowest BCUT2D eigenvalue weighted by Crippen LogP contribution is -2.25. The number of anilines is 1. The molecule has 1 aromatic heterocycles. The second-order valence-corrected chi connectivity index (χ2v) is 8.96. The molecule has 8 heteroatoms. The summed E-state index contributed by atoms with van der Waals surface area (Å²) in [7, 11) is 1.43. The van der Waals surface area contributed by atoms with Crippen molar-refractivity contribution in [3.05, 3.63) is 81.9 Å². The molecule has 1 fully saturated rings. The normalized spacial score (nSPS) is 15.7. The molecular weight excluding hydrogens is 449 g/mol. The highest BCUT2D eigenvalue weighted by Gasteiger charge is 2.29. The Morgan fingerprint density at radius 1 is 1.20 bits per heavy atom. The van der Waals surface area contributed by atoms with Crippen LogP contribution in [-0.2, 0) is 6.54 Å². The van der Waals surface area contributed by atoms with E-state index in [9.17, 15) is 14.7 Å². The maximum Gasteiger partial charge on any atom is 0.341 e. The van der Waals surface area contributed by atoms with Gasteiger partial charge in [0.25, 0.3) is 0 Å². The monoisotopic (exact) mass is 475 g/mol. The molecule has 7 nitrogen and oxygen atoms in total. The fourth-order valence-corrected chi connectivity index (χ4v) is 5.02. The summed E-state index contributed by atoms with van der Waals surface area (Å²) in [6.07, 6.45) is 2.15. The van der Waals surface area contributed by atoms with E-state index in [1.807, 2.05) is 47.4 Å². The van der Waals surface area contributed by atoms with Crippen LogP contribution in [0.1, 0.15) is 22.3 Å². The molecule has 180 valence electrons. The molecule has 3 aromatic carbocycles. The van der Waals surface area contributed by atoms with Crippen LogP contribution in [0.3, 0.4) is 0 Å². The van der Waals surface area contributed by atoms with Crippen LogP contribution in [0.15, 0.2) is 59.5 Å². The first kappa shape index (κ1) is 22.9. The number of aromatic nitrogens is 1. The van der Waals surface area contributed by atoms with Crippen molar-refractivity contribution < 1.29 is 19.0 Å². The van der Waals surface area contributed by atoms with Crippen LogP contribution in [0, 0.1) is 11.7 Å². The van der Waals surface area contributed by atoms with Gasteiger partial charge in [0.15, 0.2) is 11.6 Å². The van der Waals surface area contributed by atoms with Crippen molar-refractivity contribution in [2.24, 2.45) is 11.7 Å². The molecular formula is C27H26FN3O4. The van der Waals surface area contributed by atoms with Gasteiger partial charge in [-0.2, -0.15) is 0 Å². The van der Waals surface area contributed by atoms with Gasteiger partial charge in [-0.05, 0) is 47.4 Å². The Labute approximate surface area is 201 Å². The van der Waals surface area contributed by atoms with Gasteiger partial charge < -0.3 is 25.0 Å². The van der Waals surface area contributed by atoms with E-state index in [4.69, 9.17) is 10.5 Å². The SMILES string of the molecule is COc1c(N2CCC(CN)C2)c(F)cc2c(=O)c(C(=O)O)cn(Cc3ccc4ccccc4c3)c12. The molecule has 3 N–H and O–H groups in total. The summed E-state index contributed by atoms with van der Waals surface area (Å²) in [6, 6.07) is 15.0. The Morgan fingerprint density at radius 3 is 2.66 bits per heavy atom. The van der Waals surface area contributed by atoms with E-state index in [1.54, 1.807) is 4.57 Å². The number of carbonyl (C=O) groups is 1. The molecule has 0 spiro atoms. The summed E-state index contributed by atoms with van der Waals surface area (Å²) in [5, 5.41) is 11.8. The maximum atomic E-state index is 15.4. The summed E-state index contributed by atoms with van der Waals surface area (Å²) in [5.41, 5.74) is 6.21. The number of halogens is 1. The molecule has 2 heterocycles. The van der Waals surface area contributed by atoms with Crippen LogP contribution in [-0.4, -0.2) is 42.4 Å². The highest BCUT2D eigenvalue weighted by atomic mass is 19.1. The minimum absolute atomic E-state index is 0.0293. The zero-order valence-electron chi connectivity index (χ0n) is 19.3. The zero-order valence-corrected chi connectivity index (χ0v) is 19.3. The average molecular weight is 476 g/mol. The number of carboxylic acid groups (broad SMARTS) is 1. The Kier molecular flexibility index (Phi) is 5.90. The van der Waals surface area contributed by atoms with Gasteiger partial charge in [0.2, 0.25) is 5.43 Å². The molecule has 1 atom stereocenters. The summed E-state index contributed by atoms with van der Waals surface area (Å²) in [5.74, 6) is -1.53. The van der Waals surface area contributed by atoms with E-state index in [0.717, 1.165) is 28.8 Å². The van der Waals surface area contributed by atoms with Crippen LogP contribution in [0.4, 0.5) is 10.1 Å². The van der Waals surface area contributed by atoms with Crippen LogP contribution < -0.4 is 20.8 Å². The molecule has 0 amide bonds. The fraction of sp³-hybridized carbons (Fsp3) is 0.259. The van der Waals surface area contributed by atoms with E-state index in [0.29, 0.717) is 25.2 Å². The van der Waals surface area contributed by atoms with Crippen molar-refractivity contribution in [1.29, 1.82) is 0 Å². The fourth-order valence-electron chi connectivity index (χ4n) is 5.02. The maximum absolute atomic E-state index is 15.4. The number of aromatic carboxylic acids is 1. The zero-order chi connectivity index (χ0) is 24.7. The Hall–Kier alpha value is -3.91. The van der Waals surface area contributed by atoms with Gasteiger partial charge in [0.05, 0.1) is 18.0 Å². The molecule has 1 unspecified atom stereocenters. The number of fused-ring (bicyclic) bond motifs is 2. The van der Waals surface area contributed by atoms with E-state index < -0.39 is 22.8 Å². The van der Waals surface area contributed by atoms with Gasteiger partial charge in [0.1, 0.15) is 11.3 Å². The molecule has 1 aliphatic rings. The first-order chi connectivity index (χ1) is 16.9. The predicted octanol–water partition coefficient (Wildman–Crippen LogP) is 3.83. The standard InChI is InChI=1S/C27H26FN3O4/c1-35-26-23-20(11-22(28)24(26)30-9-8-17(12-29)14-30)25(32)21(27(33)34)15-31(23)13-16-6-7-18-4-2-3-5-19(18)10-16/h2-7,10-11,15,17H,8-9,12-14,29H2,1H3,(H,33,34). The van der Waals surface area contributed by atoms with E-state index in [1.165, 1.54) is 13.3 Å². The van der Waals surface area contributed by atoms with Crippen LogP contribution >= 0.6 is 0 Å². The number of hydrogen-bond acceptors (Lipinski definition) is 5. The van der Waals surface area contributed by atoms with Crippen molar-refractivity contribution in [2.45, 2.75) is 13.0 Å². The number of hydrogen-bond donors (Lipinski definition) is 2. The molecule has 5 rings (SSSR count). The van der Waals surface area contributed by atoms with Crippen molar-refractivity contribution in [2.75, 3.05) is 31.6 Å². The van der Waals surface area contributed by atoms with Crippen molar-refractivity contribution in [1.82, 2.24) is 4.57 Å². The summed E-state index contributed by atoms with van der Waals surface area (Å²) in [6.45, 7) is 1.97. The molecule has 0 saturated carbocycles. The van der Waals surface area contributed by atoms with Gasteiger partial charge in [-0.1, -0.05) is 36.4 Å². The van der Waals surface area contributed by atoms with Gasteiger partial charge in [-0.3, -0.25) is 4.79 Å². The lowest BCUT2D eigenvalue weighted by atomic mass is 10.1. The summed E-state index contributed by atoms with van der Waals surface area (Å²) < 4.78 is 22.8. The minimum atomic E-state index is -1.36. The number of benzene rings is 3. The quantitative estimate of drug-likeness (QED) is 0.440. The number of nitrogens with zero attached hydrogens (tertiary/aromatic N) is 2. The number of pyridine rings is 1. The topological polar surface area (TPSA) is 97.8 Å². The molecule has 0 bridgehead atoms. The second-order valence-electron chi connectivity index (χ2n) is 8.96. The molecule has 0 radical (unpaired) electrons. The molecule has 0 aliphatic carbocycles. The number of methoxy groups -OCH3 is 1. The number of rotatable bonds is 6. The van der Waals surface area contributed by atoms with Crippen LogP contribution in [0.5, 0.6) is 5.75 Å². The molecule has 1 saturated heterocycles. The highest BCUT2D eigenvalue weighted by molar-refractivity contribution is 5.97. The number of nitrogens with two attached hydrogens (primary N) is 1. The summed E-state index contributed by atoms with van der Waals surface area (Å²) >= 11 is 0. The smallest absolute Gasteiger partial charge is 0.341 e. The second kappa shape index (κ2) is 9.03. The highest BCUT2D eigenvalue weighted by Crippen LogP contribution is 2.40. The summed E-state index contributed by atoms with van der Waals surface area (Å²) in [4.78, 5) is 26.8. The third-order valence-corrected chi connectivity index (χ3v) is 6.78. The van der Waals surface area contributed by atoms with E-state index >= 15 is 4.39 Å². The molecule has 4 aromatic rings. The lowest BCUT2D eigenvalue weighted by Gasteiger charge is -2.25. The van der Waals surface area contributed by atoms with E-state index in [2.05, 4.69) is 0 Å². The number of carboxylic acids is 1. The van der Waals surface area contributed by atoms with Gasteiger partial charge in [-0.25, -0.2) is 9.18 Å². The van der Waals surface area contributed by atoms with Gasteiger partial charge in [0, 0.05) is 25.8 Å². The Morgan fingerprint density at radius 2 is 1.97 bits per heavy atom.